The van der Waals surface area contributed by atoms with Crippen molar-refractivity contribution in [1.29, 1.82) is 0 Å². The fourth-order valence-electron chi connectivity index (χ4n) is 2.03. The molecule has 1 N–H and O–H groups in total. The van der Waals surface area contributed by atoms with Crippen molar-refractivity contribution < 1.29 is 9.47 Å². The SMILES string of the molecule is COc1cccc(-c2cc(C)c(C)[nH]c2=O)c1OC. The Balaban J connectivity index is 2.72. The van der Waals surface area contributed by atoms with E-state index in [-0.39, 0.29) is 5.56 Å². The van der Waals surface area contributed by atoms with Gasteiger partial charge in [0.25, 0.3) is 5.56 Å². The Hall–Kier alpha value is -2.23. The molecule has 100 valence electrons. The zero-order chi connectivity index (χ0) is 14.0. The van der Waals surface area contributed by atoms with Crippen molar-refractivity contribution in [2.45, 2.75) is 13.8 Å². The minimum atomic E-state index is -0.130. The van der Waals surface area contributed by atoms with Gasteiger partial charge in [0.05, 0.1) is 19.8 Å². The molecule has 1 aromatic carbocycles. The summed E-state index contributed by atoms with van der Waals surface area (Å²) in [5, 5.41) is 0. The molecule has 2 aromatic rings. The Kier molecular flexibility index (Phi) is 3.60. The maximum Gasteiger partial charge on any atom is 0.256 e. The lowest BCUT2D eigenvalue weighted by Crippen LogP contribution is -2.12. The van der Waals surface area contributed by atoms with Crippen LogP contribution in [0.3, 0.4) is 0 Å². The first-order chi connectivity index (χ1) is 9.08. The summed E-state index contributed by atoms with van der Waals surface area (Å²) in [4.78, 5) is 15.0. The van der Waals surface area contributed by atoms with Crippen LogP contribution in [0.25, 0.3) is 11.1 Å². The molecular weight excluding hydrogens is 242 g/mol. The summed E-state index contributed by atoms with van der Waals surface area (Å²) in [6.07, 6.45) is 0. The van der Waals surface area contributed by atoms with E-state index in [1.165, 1.54) is 0 Å². The first-order valence-corrected chi connectivity index (χ1v) is 6.00. The Morgan fingerprint density at radius 2 is 1.79 bits per heavy atom. The van der Waals surface area contributed by atoms with Crippen molar-refractivity contribution in [1.82, 2.24) is 4.98 Å². The van der Waals surface area contributed by atoms with Crippen LogP contribution in [0.15, 0.2) is 29.1 Å². The average molecular weight is 259 g/mol. The molecule has 0 spiro atoms. The van der Waals surface area contributed by atoms with Crippen LogP contribution in [0, 0.1) is 13.8 Å². The summed E-state index contributed by atoms with van der Waals surface area (Å²) in [6, 6.07) is 7.36. The van der Waals surface area contributed by atoms with E-state index in [1.54, 1.807) is 20.3 Å². The van der Waals surface area contributed by atoms with Gasteiger partial charge < -0.3 is 14.5 Å². The van der Waals surface area contributed by atoms with Crippen molar-refractivity contribution >= 4 is 0 Å². The molecule has 0 atom stereocenters. The summed E-state index contributed by atoms with van der Waals surface area (Å²) < 4.78 is 10.6. The number of rotatable bonds is 3. The van der Waals surface area contributed by atoms with Crippen molar-refractivity contribution in [2.75, 3.05) is 14.2 Å². The zero-order valence-corrected chi connectivity index (χ0v) is 11.5. The highest BCUT2D eigenvalue weighted by Gasteiger charge is 2.14. The second kappa shape index (κ2) is 5.18. The summed E-state index contributed by atoms with van der Waals surface area (Å²) in [5.74, 6) is 1.18. The van der Waals surface area contributed by atoms with Crippen LogP contribution < -0.4 is 15.0 Å². The molecular formula is C15H17NO3. The number of para-hydroxylation sites is 1. The van der Waals surface area contributed by atoms with Gasteiger partial charge >= 0.3 is 0 Å². The van der Waals surface area contributed by atoms with Gasteiger partial charge in [0, 0.05) is 11.3 Å². The number of ether oxygens (including phenoxy) is 2. The third-order valence-electron chi connectivity index (χ3n) is 3.19. The van der Waals surface area contributed by atoms with Gasteiger partial charge in [0.1, 0.15) is 0 Å². The highest BCUT2D eigenvalue weighted by molar-refractivity contribution is 5.73. The molecule has 0 bridgehead atoms. The Morgan fingerprint density at radius 3 is 2.42 bits per heavy atom. The fraction of sp³-hybridized carbons (Fsp3) is 0.267. The maximum atomic E-state index is 12.1. The molecule has 0 unspecified atom stereocenters. The lowest BCUT2D eigenvalue weighted by Gasteiger charge is -2.13. The van der Waals surface area contributed by atoms with Gasteiger partial charge in [-0.1, -0.05) is 12.1 Å². The van der Waals surface area contributed by atoms with Crippen LogP contribution in [0.2, 0.25) is 0 Å². The molecule has 2 rings (SSSR count). The topological polar surface area (TPSA) is 51.3 Å². The van der Waals surface area contributed by atoms with E-state index in [4.69, 9.17) is 9.47 Å². The Morgan fingerprint density at radius 1 is 1.05 bits per heavy atom. The molecule has 0 fully saturated rings. The molecule has 0 aliphatic heterocycles. The van der Waals surface area contributed by atoms with Crippen LogP contribution >= 0.6 is 0 Å². The number of pyridine rings is 1. The van der Waals surface area contributed by atoms with Gasteiger partial charge in [-0.3, -0.25) is 4.79 Å². The zero-order valence-electron chi connectivity index (χ0n) is 11.5. The van der Waals surface area contributed by atoms with E-state index in [9.17, 15) is 4.79 Å². The second-order valence-electron chi connectivity index (χ2n) is 4.36. The molecule has 0 amide bonds. The third kappa shape index (κ3) is 2.34. The number of aromatic nitrogens is 1. The molecule has 1 heterocycles. The lowest BCUT2D eigenvalue weighted by molar-refractivity contribution is 0.356. The molecule has 0 aliphatic rings. The number of methoxy groups -OCH3 is 2. The van der Waals surface area contributed by atoms with Crippen LogP contribution in [-0.2, 0) is 0 Å². The number of nitrogens with one attached hydrogen (secondary N) is 1. The standard InChI is InChI=1S/C15H17NO3/c1-9-8-12(15(17)16-10(9)2)11-6-5-7-13(18-3)14(11)19-4/h5-8H,1-4H3,(H,16,17). The van der Waals surface area contributed by atoms with Gasteiger partial charge in [0.15, 0.2) is 11.5 Å². The van der Waals surface area contributed by atoms with Crippen molar-refractivity contribution in [3.05, 3.63) is 45.9 Å². The van der Waals surface area contributed by atoms with E-state index in [0.717, 1.165) is 16.8 Å². The lowest BCUT2D eigenvalue weighted by atomic mass is 10.0. The van der Waals surface area contributed by atoms with E-state index in [2.05, 4.69) is 4.98 Å². The molecule has 4 heteroatoms. The molecule has 1 aromatic heterocycles. The number of hydrogen-bond donors (Lipinski definition) is 1. The third-order valence-corrected chi connectivity index (χ3v) is 3.19. The van der Waals surface area contributed by atoms with Gasteiger partial charge in [-0.05, 0) is 31.5 Å². The summed E-state index contributed by atoms with van der Waals surface area (Å²) in [5.41, 5.74) is 3.08. The highest BCUT2D eigenvalue weighted by Crippen LogP contribution is 2.36. The van der Waals surface area contributed by atoms with Crippen LogP contribution in [0.5, 0.6) is 11.5 Å². The smallest absolute Gasteiger partial charge is 0.256 e. The number of H-pyrrole nitrogens is 1. The molecule has 19 heavy (non-hydrogen) atoms. The highest BCUT2D eigenvalue weighted by atomic mass is 16.5. The van der Waals surface area contributed by atoms with Gasteiger partial charge in [0.2, 0.25) is 0 Å². The van der Waals surface area contributed by atoms with Crippen LogP contribution in [0.4, 0.5) is 0 Å². The maximum absolute atomic E-state index is 12.1. The largest absolute Gasteiger partial charge is 0.493 e. The average Bonchev–Trinajstić information content (AvgIpc) is 2.41. The Bertz CT molecular complexity index is 659. The van der Waals surface area contributed by atoms with E-state index >= 15 is 0 Å². The summed E-state index contributed by atoms with van der Waals surface area (Å²) in [7, 11) is 3.14. The van der Waals surface area contributed by atoms with Crippen molar-refractivity contribution in [2.24, 2.45) is 0 Å². The number of aryl methyl sites for hydroxylation is 2. The second-order valence-corrected chi connectivity index (χ2v) is 4.36. The normalized spacial score (nSPS) is 10.3. The van der Waals surface area contributed by atoms with Crippen molar-refractivity contribution in [3.63, 3.8) is 0 Å². The molecule has 0 radical (unpaired) electrons. The molecule has 4 nitrogen and oxygen atoms in total. The van der Waals surface area contributed by atoms with Gasteiger partial charge in [-0.15, -0.1) is 0 Å². The predicted molar refractivity (Wildman–Crippen MR) is 75.1 cm³/mol. The molecule has 0 saturated carbocycles. The quantitative estimate of drug-likeness (QED) is 0.922. The minimum Gasteiger partial charge on any atom is -0.493 e. The first-order valence-electron chi connectivity index (χ1n) is 6.00. The summed E-state index contributed by atoms with van der Waals surface area (Å²) in [6.45, 7) is 3.84. The minimum absolute atomic E-state index is 0.130. The first kappa shape index (κ1) is 13.2. The molecule has 0 saturated heterocycles. The number of hydrogen-bond acceptors (Lipinski definition) is 3. The molecule has 0 aliphatic carbocycles. The predicted octanol–water partition coefficient (Wildman–Crippen LogP) is 2.68. The summed E-state index contributed by atoms with van der Waals surface area (Å²) >= 11 is 0. The Labute approximate surface area is 112 Å². The number of aromatic amines is 1. The van der Waals surface area contributed by atoms with E-state index in [0.29, 0.717) is 17.1 Å². The van der Waals surface area contributed by atoms with Crippen LogP contribution in [0.1, 0.15) is 11.3 Å². The van der Waals surface area contributed by atoms with Gasteiger partial charge in [-0.25, -0.2) is 0 Å². The fourth-order valence-corrected chi connectivity index (χ4v) is 2.03. The number of benzene rings is 1. The monoisotopic (exact) mass is 259 g/mol. The van der Waals surface area contributed by atoms with E-state index in [1.807, 2.05) is 32.0 Å². The van der Waals surface area contributed by atoms with Crippen LogP contribution in [-0.4, -0.2) is 19.2 Å². The van der Waals surface area contributed by atoms with Gasteiger partial charge in [-0.2, -0.15) is 0 Å². The van der Waals surface area contributed by atoms with Crippen molar-refractivity contribution in [3.8, 4) is 22.6 Å². The van der Waals surface area contributed by atoms with E-state index < -0.39 is 0 Å².